The summed E-state index contributed by atoms with van der Waals surface area (Å²) >= 11 is 6.50. The van der Waals surface area contributed by atoms with Crippen LogP contribution in [0.3, 0.4) is 0 Å². The maximum atomic E-state index is 6.50. The van der Waals surface area contributed by atoms with Gasteiger partial charge in [-0.25, -0.2) is 0 Å². The Labute approximate surface area is 219 Å². The lowest BCUT2D eigenvalue weighted by Gasteiger charge is -2.37. The first-order chi connectivity index (χ1) is 17.6. The van der Waals surface area contributed by atoms with Crippen LogP contribution < -0.4 is 14.8 Å². The van der Waals surface area contributed by atoms with Crippen molar-refractivity contribution in [3.05, 3.63) is 94.0 Å². The smallest absolute Gasteiger partial charge is 0.179 e. The molecule has 0 amide bonds. The van der Waals surface area contributed by atoms with E-state index in [9.17, 15) is 0 Å². The van der Waals surface area contributed by atoms with Crippen molar-refractivity contribution >= 4 is 29.2 Å². The Morgan fingerprint density at radius 1 is 1.06 bits per heavy atom. The van der Waals surface area contributed by atoms with Crippen LogP contribution in [0.25, 0.3) is 0 Å². The lowest BCUT2D eigenvalue weighted by molar-refractivity contribution is 0.277. The molecule has 2 aliphatic rings. The van der Waals surface area contributed by atoms with E-state index in [2.05, 4.69) is 73.8 Å². The highest BCUT2D eigenvalue weighted by Gasteiger charge is 2.37. The summed E-state index contributed by atoms with van der Waals surface area (Å²) in [7, 11) is 0. The highest BCUT2D eigenvalue weighted by atomic mass is 35.5. The lowest BCUT2D eigenvalue weighted by Crippen LogP contribution is -2.29. The molecule has 5 rings (SSSR count). The second-order valence-corrected chi connectivity index (χ2v) is 9.93. The van der Waals surface area contributed by atoms with E-state index in [1.165, 1.54) is 22.4 Å². The van der Waals surface area contributed by atoms with Gasteiger partial charge in [0.25, 0.3) is 0 Å². The molecule has 3 atom stereocenters. The molecule has 0 aromatic heterocycles. The fourth-order valence-corrected chi connectivity index (χ4v) is 5.50. The molecule has 0 bridgehead atoms. The molecule has 0 saturated carbocycles. The zero-order valence-electron chi connectivity index (χ0n) is 21.1. The molecular formula is C31H33ClN2O2. The van der Waals surface area contributed by atoms with Gasteiger partial charge in [0.1, 0.15) is 0 Å². The SMILES string of the molecule is CCCOc1c(Cl)cc(C=Nc2ccc([C@@H]3Nc4ccc(C)cc4[C@@H]4C=CC[C@@H]43)cc2)cc1OCC. The van der Waals surface area contributed by atoms with Crippen LogP contribution in [-0.4, -0.2) is 19.4 Å². The largest absolute Gasteiger partial charge is 0.490 e. The van der Waals surface area contributed by atoms with E-state index in [4.69, 9.17) is 26.1 Å². The molecule has 0 spiro atoms. The minimum absolute atomic E-state index is 0.279. The summed E-state index contributed by atoms with van der Waals surface area (Å²) in [6.07, 6.45) is 8.54. The molecule has 1 aliphatic heterocycles. The average Bonchev–Trinajstić information content (AvgIpc) is 3.38. The lowest BCUT2D eigenvalue weighted by atomic mass is 9.76. The number of fused-ring (bicyclic) bond motifs is 3. The Kier molecular flexibility index (Phi) is 7.33. The van der Waals surface area contributed by atoms with Crippen LogP contribution in [0.1, 0.15) is 60.9 Å². The first kappa shape index (κ1) is 24.5. The minimum Gasteiger partial charge on any atom is -0.490 e. The van der Waals surface area contributed by atoms with Crippen molar-refractivity contribution in [2.45, 2.75) is 45.6 Å². The highest BCUT2D eigenvalue weighted by Crippen LogP contribution is 2.50. The molecule has 1 heterocycles. The number of allylic oxidation sites excluding steroid dienone is 2. The molecule has 4 nitrogen and oxygen atoms in total. The average molecular weight is 501 g/mol. The van der Waals surface area contributed by atoms with Crippen LogP contribution in [0.2, 0.25) is 5.02 Å². The third kappa shape index (κ3) is 5.01. The predicted octanol–water partition coefficient (Wildman–Crippen LogP) is 8.41. The van der Waals surface area contributed by atoms with Gasteiger partial charge in [0, 0.05) is 17.8 Å². The molecule has 1 aliphatic carbocycles. The van der Waals surface area contributed by atoms with Crippen LogP contribution in [0, 0.1) is 12.8 Å². The first-order valence-corrected chi connectivity index (χ1v) is 13.2. The summed E-state index contributed by atoms with van der Waals surface area (Å²) in [5.41, 5.74) is 7.03. The van der Waals surface area contributed by atoms with Crippen molar-refractivity contribution in [1.82, 2.24) is 0 Å². The molecule has 186 valence electrons. The van der Waals surface area contributed by atoms with E-state index in [1.807, 2.05) is 25.3 Å². The molecular weight excluding hydrogens is 468 g/mol. The predicted molar refractivity (Wildman–Crippen MR) is 150 cm³/mol. The van der Waals surface area contributed by atoms with E-state index < -0.39 is 0 Å². The van der Waals surface area contributed by atoms with Crippen molar-refractivity contribution in [1.29, 1.82) is 0 Å². The zero-order valence-corrected chi connectivity index (χ0v) is 21.9. The number of nitrogens with one attached hydrogen (secondary N) is 1. The van der Waals surface area contributed by atoms with Gasteiger partial charge in [-0.15, -0.1) is 0 Å². The van der Waals surface area contributed by atoms with E-state index in [-0.39, 0.29) is 6.04 Å². The van der Waals surface area contributed by atoms with E-state index in [0.29, 0.717) is 41.6 Å². The second-order valence-electron chi connectivity index (χ2n) is 9.53. The summed E-state index contributed by atoms with van der Waals surface area (Å²) < 4.78 is 11.6. The Balaban J connectivity index is 1.34. The number of hydrogen-bond donors (Lipinski definition) is 1. The van der Waals surface area contributed by atoms with Crippen molar-refractivity contribution in [2.24, 2.45) is 10.9 Å². The van der Waals surface area contributed by atoms with Gasteiger partial charge >= 0.3 is 0 Å². The molecule has 0 fully saturated rings. The van der Waals surface area contributed by atoms with Crippen LogP contribution in [0.4, 0.5) is 11.4 Å². The van der Waals surface area contributed by atoms with Crippen LogP contribution >= 0.6 is 11.6 Å². The maximum Gasteiger partial charge on any atom is 0.179 e. The molecule has 1 N–H and O–H groups in total. The molecule has 0 radical (unpaired) electrons. The quantitative estimate of drug-likeness (QED) is 0.249. The summed E-state index contributed by atoms with van der Waals surface area (Å²) in [5, 5.41) is 4.35. The van der Waals surface area contributed by atoms with Gasteiger partial charge in [0.15, 0.2) is 11.5 Å². The summed E-state index contributed by atoms with van der Waals surface area (Å²) in [6.45, 7) is 7.31. The van der Waals surface area contributed by atoms with E-state index in [1.54, 1.807) is 0 Å². The number of hydrogen-bond acceptors (Lipinski definition) is 4. The number of halogens is 1. The van der Waals surface area contributed by atoms with Gasteiger partial charge in [-0.1, -0.05) is 60.5 Å². The Bertz CT molecular complexity index is 1280. The van der Waals surface area contributed by atoms with Crippen molar-refractivity contribution in [2.75, 3.05) is 18.5 Å². The topological polar surface area (TPSA) is 42.8 Å². The molecule has 36 heavy (non-hydrogen) atoms. The number of ether oxygens (including phenoxy) is 2. The van der Waals surface area contributed by atoms with Gasteiger partial charge in [0.2, 0.25) is 0 Å². The third-order valence-electron chi connectivity index (χ3n) is 6.92. The van der Waals surface area contributed by atoms with Crippen molar-refractivity contribution < 1.29 is 9.47 Å². The first-order valence-electron chi connectivity index (χ1n) is 12.8. The van der Waals surface area contributed by atoms with Gasteiger partial charge in [-0.3, -0.25) is 4.99 Å². The Hall–Kier alpha value is -3.24. The van der Waals surface area contributed by atoms with Crippen LogP contribution in [0.15, 0.2) is 71.7 Å². The number of benzene rings is 3. The monoisotopic (exact) mass is 500 g/mol. The molecule has 3 aromatic carbocycles. The maximum absolute atomic E-state index is 6.50. The van der Waals surface area contributed by atoms with Gasteiger partial charge in [-0.05, 0) is 79.6 Å². The molecule has 3 aromatic rings. The van der Waals surface area contributed by atoms with E-state index in [0.717, 1.165) is 24.1 Å². The van der Waals surface area contributed by atoms with Gasteiger partial charge < -0.3 is 14.8 Å². The summed E-state index contributed by atoms with van der Waals surface area (Å²) in [4.78, 5) is 4.70. The fraction of sp³-hybridized carbons (Fsp3) is 0.323. The highest BCUT2D eigenvalue weighted by molar-refractivity contribution is 6.32. The van der Waals surface area contributed by atoms with Crippen molar-refractivity contribution in [3.63, 3.8) is 0 Å². The summed E-state index contributed by atoms with van der Waals surface area (Å²) in [6, 6.07) is 19.4. The second kappa shape index (κ2) is 10.8. The Morgan fingerprint density at radius 3 is 2.67 bits per heavy atom. The van der Waals surface area contributed by atoms with Crippen molar-refractivity contribution in [3.8, 4) is 11.5 Å². The Morgan fingerprint density at radius 2 is 1.89 bits per heavy atom. The molecule has 5 heteroatoms. The number of nitrogens with zero attached hydrogens (tertiary/aromatic N) is 1. The van der Waals surface area contributed by atoms with Gasteiger partial charge in [-0.2, -0.15) is 0 Å². The number of aliphatic imine (C=N–C) groups is 1. The molecule has 0 unspecified atom stereocenters. The van der Waals surface area contributed by atoms with Crippen LogP contribution in [-0.2, 0) is 0 Å². The summed E-state index contributed by atoms with van der Waals surface area (Å²) in [5.74, 6) is 2.24. The zero-order chi connectivity index (χ0) is 25.1. The number of anilines is 1. The normalized spacial score (nSPS) is 20.2. The van der Waals surface area contributed by atoms with Crippen LogP contribution in [0.5, 0.6) is 11.5 Å². The number of rotatable bonds is 8. The number of aryl methyl sites for hydroxylation is 1. The third-order valence-corrected chi connectivity index (χ3v) is 7.20. The molecule has 0 saturated heterocycles. The standard InChI is InChI=1S/C31H33ClN2O2/c1-4-15-36-31-27(32)17-21(18-29(31)35-5-2)19-33-23-12-10-22(11-13-23)30-25-8-6-7-24(25)26-16-20(3)9-14-28(26)34-30/h6-7,9-14,16-19,24-25,30,34H,4-5,8,15H2,1-3H3/t24-,25+,30+/m1/s1. The minimum atomic E-state index is 0.279. The fourth-order valence-electron chi connectivity index (χ4n) is 5.23. The van der Waals surface area contributed by atoms with E-state index >= 15 is 0 Å². The van der Waals surface area contributed by atoms with Gasteiger partial charge in [0.05, 0.1) is 30.0 Å².